The summed E-state index contributed by atoms with van der Waals surface area (Å²) in [6.45, 7) is 2.95. The molecule has 1 aromatic heterocycles. The Morgan fingerprint density at radius 2 is 1.77 bits per heavy atom. The van der Waals surface area contributed by atoms with Crippen LogP contribution in [0.4, 0.5) is 0 Å². The number of carbonyl (C=O) groups excluding carboxylic acids is 1. The molecule has 0 fully saturated rings. The van der Waals surface area contributed by atoms with E-state index >= 15 is 0 Å². The second-order valence-electron chi connectivity index (χ2n) is 6.27. The van der Waals surface area contributed by atoms with Crippen molar-refractivity contribution in [2.75, 3.05) is 13.1 Å². The van der Waals surface area contributed by atoms with Gasteiger partial charge in [-0.25, -0.2) is 0 Å². The summed E-state index contributed by atoms with van der Waals surface area (Å²) >= 11 is 0. The van der Waals surface area contributed by atoms with Gasteiger partial charge >= 0.3 is 0 Å². The zero-order valence-corrected chi connectivity index (χ0v) is 14.9. The molecule has 0 saturated heterocycles. The maximum atomic E-state index is 12.2. The summed E-state index contributed by atoms with van der Waals surface area (Å²) in [5.74, 6) is 0.773. The molecule has 3 rings (SSSR count). The highest BCUT2D eigenvalue weighted by Gasteiger charge is 2.17. The van der Waals surface area contributed by atoms with Crippen LogP contribution in [0.1, 0.15) is 28.5 Å². The van der Waals surface area contributed by atoms with Gasteiger partial charge in [-0.05, 0) is 42.2 Å². The average molecular weight is 348 g/mol. The molecule has 2 N–H and O–H groups in total. The maximum Gasteiger partial charge on any atom is 0.233 e. The van der Waals surface area contributed by atoms with E-state index in [9.17, 15) is 4.79 Å². The van der Waals surface area contributed by atoms with Gasteiger partial charge in [0.15, 0.2) is 0 Å². The first-order chi connectivity index (χ1) is 12.7. The standard InChI is InChI=1S/C22H24N2O2/c1-17-8-5-6-9-18(17)13-14-23-21(25)16-24-22(20-12-7-15-26-20)19-10-3-2-4-11-19/h2-12,15,22,24H,13-14,16H2,1H3,(H,23,25)/t22-/m1/s1. The van der Waals surface area contributed by atoms with Gasteiger partial charge in [0.05, 0.1) is 18.8 Å². The van der Waals surface area contributed by atoms with Crippen LogP contribution in [0.3, 0.4) is 0 Å². The largest absolute Gasteiger partial charge is 0.467 e. The number of benzene rings is 2. The summed E-state index contributed by atoms with van der Waals surface area (Å²) in [4.78, 5) is 12.2. The Balaban J connectivity index is 1.52. The SMILES string of the molecule is Cc1ccccc1CCNC(=O)CN[C@H](c1ccccc1)c1ccco1. The predicted molar refractivity (Wildman–Crippen MR) is 103 cm³/mol. The van der Waals surface area contributed by atoms with Crippen LogP contribution >= 0.6 is 0 Å². The quantitative estimate of drug-likeness (QED) is 0.654. The molecule has 0 saturated carbocycles. The summed E-state index contributed by atoms with van der Waals surface area (Å²) in [5.41, 5.74) is 3.58. The first-order valence-electron chi connectivity index (χ1n) is 8.87. The third kappa shape index (κ3) is 4.83. The maximum absolute atomic E-state index is 12.2. The number of aryl methyl sites for hydroxylation is 1. The fourth-order valence-electron chi connectivity index (χ4n) is 2.97. The summed E-state index contributed by atoms with van der Waals surface area (Å²) in [5, 5.41) is 6.27. The molecule has 2 aromatic carbocycles. The molecule has 0 unspecified atom stereocenters. The van der Waals surface area contributed by atoms with Crippen LogP contribution < -0.4 is 10.6 Å². The molecular formula is C22H24N2O2. The minimum atomic E-state index is -0.145. The molecule has 0 bridgehead atoms. The average Bonchev–Trinajstić information content (AvgIpc) is 3.19. The smallest absolute Gasteiger partial charge is 0.233 e. The van der Waals surface area contributed by atoms with Crippen LogP contribution in [-0.4, -0.2) is 19.0 Å². The lowest BCUT2D eigenvalue weighted by molar-refractivity contribution is -0.120. The first-order valence-corrected chi connectivity index (χ1v) is 8.87. The molecule has 1 atom stereocenters. The fraction of sp³-hybridized carbons (Fsp3) is 0.227. The predicted octanol–water partition coefficient (Wildman–Crippen LogP) is 3.63. The Hall–Kier alpha value is -2.85. The Bertz CT molecular complexity index is 813. The summed E-state index contributed by atoms with van der Waals surface area (Å²) in [6, 6.07) is 21.9. The number of carbonyl (C=O) groups is 1. The zero-order chi connectivity index (χ0) is 18.2. The summed E-state index contributed by atoms with van der Waals surface area (Å²) < 4.78 is 5.54. The van der Waals surface area contributed by atoms with E-state index in [1.807, 2.05) is 54.6 Å². The Labute approximate surface area is 154 Å². The van der Waals surface area contributed by atoms with Gasteiger partial charge in [0.25, 0.3) is 0 Å². The minimum Gasteiger partial charge on any atom is -0.467 e. The molecule has 26 heavy (non-hydrogen) atoms. The van der Waals surface area contributed by atoms with Gasteiger partial charge < -0.3 is 9.73 Å². The second-order valence-corrected chi connectivity index (χ2v) is 6.27. The molecule has 0 radical (unpaired) electrons. The monoisotopic (exact) mass is 348 g/mol. The van der Waals surface area contributed by atoms with Crippen LogP contribution in [0, 0.1) is 6.92 Å². The van der Waals surface area contributed by atoms with Crippen molar-refractivity contribution in [2.24, 2.45) is 0 Å². The van der Waals surface area contributed by atoms with Gasteiger partial charge in [0, 0.05) is 6.54 Å². The van der Waals surface area contributed by atoms with Crippen molar-refractivity contribution in [2.45, 2.75) is 19.4 Å². The van der Waals surface area contributed by atoms with Gasteiger partial charge in [0.1, 0.15) is 5.76 Å². The molecule has 0 aliphatic heterocycles. The molecule has 1 amide bonds. The number of hydrogen-bond donors (Lipinski definition) is 2. The fourth-order valence-corrected chi connectivity index (χ4v) is 2.97. The zero-order valence-electron chi connectivity index (χ0n) is 14.9. The molecule has 1 heterocycles. The van der Waals surface area contributed by atoms with Crippen LogP contribution in [0.5, 0.6) is 0 Å². The van der Waals surface area contributed by atoms with Gasteiger partial charge in [-0.15, -0.1) is 0 Å². The number of nitrogens with one attached hydrogen (secondary N) is 2. The highest BCUT2D eigenvalue weighted by Crippen LogP contribution is 2.21. The van der Waals surface area contributed by atoms with Gasteiger partial charge in [-0.1, -0.05) is 54.6 Å². The molecule has 134 valence electrons. The lowest BCUT2D eigenvalue weighted by Gasteiger charge is -2.17. The van der Waals surface area contributed by atoms with Crippen molar-refractivity contribution in [1.82, 2.24) is 10.6 Å². The van der Waals surface area contributed by atoms with Gasteiger partial charge in [0.2, 0.25) is 5.91 Å². The van der Waals surface area contributed by atoms with Crippen molar-refractivity contribution in [3.63, 3.8) is 0 Å². The molecule has 0 aliphatic rings. The first kappa shape index (κ1) is 18.0. The number of amides is 1. The van der Waals surface area contributed by atoms with E-state index in [2.05, 4.69) is 29.7 Å². The van der Waals surface area contributed by atoms with Crippen LogP contribution in [0.15, 0.2) is 77.4 Å². The van der Waals surface area contributed by atoms with E-state index in [0.29, 0.717) is 6.54 Å². The highest BCUT2D eigenvalue weighted by atomic mass is 16.3. The molecule has 4 heteroatoms. The molecule has 3 aromatic rings. The second kappa shape index (κ2) is 9.02. The van der Waals surface area contributed by atoms with E-state index in [1.165, 1.54) is 11.1 Å². The summed E-state index contributed by atoms with van der Waals surface area (Å²) in [6.07, 6.45) is 2.48. The van der Waals surface area contributed by atoms with E-state index < -0.39 is 0 Å². The molecule has 0 aliphatic carbocycles. The topological polar surface area (TPSA) is 54.3 Å². The van der Waals surface area contributed by atoms with Crippen molar-refractivity contribution >= 4 is 5.91 Å². The molecule has 0 spiro atoms. The third-order valence-electron chi connectivity index (χ3n) is 4.41. The normalized spacial score (nSPS) is 11.9. The van der Waals surface area contributed by atoms with Crippen molar-refractivity contribution in [3.8, 4) is 0 Å². The van der Waals surface area contributed by atoms with E-state index in [4.69, 9.17) is 4.42 Å². The van der Waals surface area contributed by atoms with Gasteiger partial charge in [-0.3, -0.25) is 10.1 Å². The third-order valence-corrected chi connectivity index (χ3v) is 4.41. The van der Waals surface area contributed by atoms with Crippen LogP contribution in [-0.2, 0) is 11.2 Å². The van der Waals surface area contributed by atoms with E-state index in [0.717, 1.165) is 17.7 Å². The molecular weight excluding hydrogens is 324 g/mol. The Kier molecular flexibility index (Phi) is 6.23. The minimum absolute atomic E-state index is 0.0222. The highest BCUT2D eigenvalue weighted by molar-refractivity contribution is 5.78. The van der Waals surface area contributed by atoms with Crippen molar-refractivity contribution < 1.29 is 9.21 Å². The van der Waals surface area contributed by atoms with Crippen molar-refractivity contribution in [3.05, 3.63) is 95.4 Å². The number of rotatable bonds is 8. The van der Waals surface area contributed by atoms with Crippen LogP contribution in [0.2, 0.25) is 0 Å². The lowest BCUT2D eigenvalue weighted by Crippen LogP contribution is -2.37. The van der Waals surface area contributed by atoms with Crippen molar-refractivity contribution in [1.29, 1.82) is 0 Å². The van der Waals surface area contributed by atoms with Crippen LogP contribution in [0.25, 0.3) is 0 Å². The van der Waals surface area contributed by atoms with Gasteiger partial charge in [-0.2, -0.15) is 0 Å². The molecule has 4 nitrogen and oxygen atoms in total. The lowest BCUT2D eigenvalue weighted by atomic mass is 10.0. The summed E-state index contributed by atoms with van der Waals surface area (Å²) in [7, 11) is 0. The number of furan rings is 1. The Morgan fingerprint density at radius 3 is 2.50 bits per heavy atom. The van der Waals surface area contributed by atoms with E-state index in [-0.39, 0.29) is 18.5 Å². The van der Waals surface area contributed by atoms with E-state index in [1.54, 1.807) is 6.26 Å². The number of hydrogen-bond acceptors (Lipinski definition) is 3. The Morgan fingerprint density at radius 1 is 1.00 bits per heavy atom.